The van der Waals surface area contributed by atoms with E-state index < -0.39 is 5.85 Å². The van der Waals surface area contributed by atoms with E-state index in [0.717, 1.165) is 0 Å². The SMILES string of the molecule is COc1cc(OC)cc(P(=O)(Cl)Cl)c1. The van der Waals surface area contributed by atoms with Crippen LogP contribution in [0.2, 0.25) is 0 Å². The summed E-state index contributed by atoms with van der Waals surface area (Å²) >= 11 is 11.1. The van der Waals surface area contributed by atoms with Gasteiger partial charge in [-0.3, -0.25) is 4.57 Å². The Morgan fingerprint density at radius 3 is 1.79 bits per heavy atom. The molecule has 0 atom stereocenters. The van der Waals surface area contributed by atoms with Crippen LogP contribution in [0.1, 0.15) is 0 Å². The van der Waals surface area contributed by atoms with Crippen LogP contribution >= 0.6 is 28.3 Å². The van der Waals surface area contributed by atoms with Crippen LogP contribution in [0.4, 0.5) is 0 Å². The molecule has 3 nitrogen and oxygen atoms in total. The minimum Gasteiger partial charge on any atom is -0.497 e. The van der Waals surface area contributed by atoms with E-state index in [1.807, 2.05) is 0 Å². The second-order valence-electron chi connectivity index (χ2n) is 2.53. The average molecular weight is 255 g/mol. The molecule has 0 aliphatic heterocycles. The summed E-state index contributed by atoms with van der Waals surface area (Å²) in [6.45, 7) is 0. The first-order chi connectivity index (χ1) is 6.47. The minimum atomic E-state index is -3.31. The molecule has 78 valence electrons. The molecule has 0 saturated heterocycles. The van der Waals surface area contributed by atoms with Gasteiger partial charge in [-0.2, -0.15) is 0 Å². The summed E-state index contributed by atoms with van der Waals surface area (Å²) in [6, 6.07) is 4.68. The standard InChI is InChI=1S/C8H9Cl2O3P/c1-12-6-3-7(13-2)5-8(4-6)14(9,10)11/h3-5H,1-2H3. The quantitative estimate of drug-likeness (QED) is 0.779. The lowest BCUT2D eigenvalue weighted by Crippen LogP contribution is -2.00. The maximum atomic E-state index is 11.4. The summed E-state index contributed by atoms with van der Waals surface area (Å²) in [4.78, 5) is 0. The van der Waals surface area contributed by atoms with Crippen molar-refractivity contribution in [3.8, 4) is 11.5 Å². The number of ether oxygens (including phenoxy) is 2. The van der Waals surface area contributed by atoms with Crippen LogP contribution in [-0.2, 0) is 4.57 Å². The number of methoxy groups -OCH3 is 2. The van der Waals surface area contributed by atoms with Gasteiger partial charge in [0.25, 0.3) is 5.85 Å². The van der Waals surface area contributed by atoms with Gasteiger partial charge in [-0.15, -0.1) is 0 Å². The number of hydrogen-bond donors (Lipinski definition) is 0. The van der Waals surface area contributed by atoms with Gasteiger partial charge in [0.1, 0.15) is 11.5 Å². The zero-order valence-electron chi connectivity index (χ0n) is 7.66. The van der Waals surface area contributed by atoms with Crippen LogP contribution in [0, 0.1) is 0 Å². The maximum absolute atomic E-state index is 11.4. The Hall–Kier alpha value is -0.370. The first-order valence-electron chi connectivity index (χ1n) is 3.70. The molecule has 0 unspecified atom stereocenters. The molecule has 0 N–H and O–H groups in total. The number of hydrogen-bond acceptors (Lipinski definition) is 3. The summed E-state index contributed by atoms with van der Waals surface area (Å²) in [6.07, 6.45) is 0. The van der Waals surface area contributed by atoms with Crippen LogP contribution < -0.4 is 14.8 Å². The van der Waals surface area contributed by atoms with Crippen LogP contribution in [0.25, 0.3) is 0 Å². The van der Waals surface area contributed by atoms with Crippen molar-refractivity contribution in [2.45, 2.75) is 0 Å². The molecule has 14 heavy (non-hydrogen) atoms. The molecule has 6 heteroatoms. The molecule has 0 bridgehead atoms. The zero-order valence-corrected chi connectivity index (χ0v) is 10.1. The third kappa shape index (κ3) is 2.81. The lowest BCUT2D eigenvalue weighted by molar-refractivity contribution is 0.395. The van der Waals surface area contributed by atoms with Crippen LogP contribution in [0.3, 0.4) is 0 Å². The molecule has 1 rings (SSSR count). The Labute approximate surface area is 91.9 Å². The Morgan fingerprint density at radius 1 is 1.07 bits per heavy atom. The Bertz CT molecular complexity index is 353. The molecule has 0 saturated carbocycles. The van der Waals surface area contributed by atoms with Crippen molar-refractivity contribution < 1.29 is 14.0 Å². The summed E-state index contributed by atoms with van der Waals surface area (Å²) in [5, 5.41) is 0.303. The largest absolute Gasteiger partial charge is 0.497 e. The van der Waals surface area contributed by atoms with Gasteiger partial charge < -0.3 is 9.47 Å². The van der Waals surface area contributed by atoms with Crippen molar-refractivity contribution in [2.24, 2.45) is 0 Å². The fourth-order valence-electron chi connectivity index (χ4n) is 0.943. The summed E-state index contributed by atoms with van der Waals surface area (Å²) in [5.74, 6) is -2.31. The van der Waals surface area contributed by atoms with Crippen molar-refractivity contribution in [2.75, 3.05) is 14.2 Å². The fraction of sp³-hybridized carbons (Fsp3) is 0.250. The van der Waals surface area contributed by atoms with E-state index in [0.29, 0.717) is 16.8 Å². The van der Waals surface area contributed by atoms with Crippen LogP contribution in [-0.4, -0.2) is 14.2 Å². The number of rotatable bonds is 3. The van der Waals surface area contributed by atoms with E-state index in [1.54, 1.807) is 6.07 Å². The molecule has 0 aliphatic carbocycles. The smallest absolute Gasteiger partial charge is 0.282 e. The van der Waals surface area contributed by atoms with E-state index in [1.165, 1.54) is 26.4 Å². The van der Waals surface area contributed by atoms with E-state index in [-0.39, 0.29) is 0 Å². The second-order valence-corrected chi connectivity index (χ2v) is 7.35. The van der Waals surface area contributed by atoms with Crippen molar-refractivity contribution in [1.29, 1.82) is 0 Å². The van der Waals surface area contributed by atoms with Gasteiger partial charge >= 0.3 is 0 Å². The molecule has 0 radical (unpaired) electrons. The van der Waals surface area contributed by atoms with Gasteiger partial charge in [0.2, 0.25) is 0 Å². The molecular formula is C8H9Cl2O3P. The highest BCUT2D eigenvalue weighted by Crippen LogP contribution is 2.55. The molecule has 1 aromatic rings. The van der Waals surface area contributed by atoms with E-state index >= 15 is 0 Å². The van der Waals surface area contributed by atoms with Crippen LogP contribution in [0.5, 0.6) is 11.5 Å². The highest BCUT2D eigenvalue weighted by molar-refractivity contribution is 8.13. The molecule has 0 aromatic heterocycles. The van der Waals surface area contributed by atoms with E-state index in [9.17, 15) is 4.57 Å². The molecule has 0 aliphatic rings. The maximum Gasteiger partial charge on any atom is 0.282 e. The molecule has 0 fully saturated rings. The van der Waals surface area contributed by atoms with Crippen molar-refractivity contribution in [3.63, 3.8) is 0 Å². The molecular weight excluding hydrogens is 246 g/mol. The minimum absolute atomic E-state index is 0.303. The normalized spacial score (nSPS) is 11.1. The van der Waals surface area contributed by atoms with Crippen molar-refractivity contribution in [1.82, 2.24) is 0 Å². The van der Waals surface area contributed by atoms with Gasteiger partial charge in [-0.1, -0.05) is 0 Å². The summed E-state index contributed by atoms with van der Waals surface area (Å²) in [7, 11) is 2.98. The molecule has 1 aromatic carbocycles. The third-order valence-electron chi connectivity index (χ3n) is 1.64. The van der Waals surface area contributed by atoms with Gasteiger partial charge in [0, 0.05) is 11.4 Å². The fourth-order valence-corrected chi connectivity index (χ4v) is 2.08. The Morgan fingerprint density at radius 2 is 1.50 bits per heavy atom. The highest BCUT2D eigenvalue weighted by atomic mass is 35.9. The molecule has 0 spiro atoms. The monoisotopic (exact) mass is 254 g/mol. The highest BCUT2D eigenvalue weighted by Gasteiger charge is 2.19. The average Bonchev–Trinajstić information content (AvgIpc) is 2.15. The Balaban J connectivity index is 3.24. The molecule has 0 heterocycles. The number of benzene rings is 1. The first kappa shape index (κ1) is 11.7. The van der Waals surface area contributed by atoms with E-state index in [4.69, 9.17) is 32.0 Å². The molecule has 0 amide bonds. The summed E-state index contributed by atoms with van der Waals surface area (Å²) in [5.41, 5.74) is 0. The summed E-state index contributed by atoms with van der Waals surface area (Å²) < 4.78 is 21.3. The lowest BCUT2D eigenvalue weighted by atomic mass is 10.3. The topological polar surface area (TPSA) is 35.5 Å². The number of halogens is 2. The third-order valence-corrected chi connectivity index (χ3v) is 3.67. The van der Waals surface area contributed by atoms with Crippen LogP contribution in [0.15, 0.2) is 18.2 Å². The first-order valence-corrected chi connectivity index (χ1v) is 7.22. The zero-order chi connectivity index (χ0) is 10.8. The lowest BCUT2D eigenvalue weighted by Gasteiger charge is -2.08. The predicted molar refractivity (Wildman–Crippen MR) is 58.5 cm³/mol. The van der Waals surface area contributed by atoms with Crippen molar-refractivity contribution >= 4 is 33.6 Å². The van der Waals surface area contributed by atoms with Gasteiger partial charge in [0.15, 0.2) is 0 Å². The van der Waals surface area contributed by atoms with Crippen molar-refractivity contribution in [3.05, 3.63) is 18.2 Å². The van der Waals surface area contributed by atoms with Gasteiger partial charge in [-0.05, 0) is 34.6 Å². The van der Waals surface area contributed by atoms with E-state index in [2.05, 4.69) is 0 Å². The van der Waals surface area contributed by atoms with Gasteiger partial charge in [0.05, 0.1) is 14.2 Å². The van der Waals surface area contributed by atoms with Gasteiger partial charge in [-0.25, -0.2) is 0 Å². The predicted octanol–water partition coefficient (Wildman–Crippen LogP) is 3.00. The Kier molecular flexibility index (Phi) is 3.71. The second kappa shape index (κ2) is 4.43.